The highest BCUT2D eigenvalue weighted by Crippen LogP contribution is 2.33. The second kappa shape index (κ2) is 7.55. The zero-order chi connectivity index (χ0) is 15.5. The Morgan fingerprint density at radius 3 is 2.76 bits per heavy atom. The lowest BCUT2D eigenvalue weighted by atomic mass is 9.81. The molecule has 1 saturated carbocycles. The summed E-state index contributed by atoms with van der Waals surface area (Å²) in [6.45, 7) is 3.45. The van der Waals surface area contributed by atoms with Crippen molar-refractivity contribution in [3.05, 3.63) is 14.7 Å². The Kier molecular flexibility index (Phi) is 6.25. The van der Waals surface area contributed by atoms with Gasteiger partial charge >= 0.3 is 0 Å². The topological polar surface area (TPSA) is 58.2 Å². The monoisotopic (exact) mass is 394 g/mol. The summed E-state index contributed by atoms with van der Waals surface area (Å²) in [7, 11) is -1.57. The predicted octanol–water partition coefficient (Wildman–Crippen LogP) is 3.33. The number of nitrogens with one attached hydrogen (secondary N) is 2. The lowest BCUT2D eigenvalue weighted by Crippen LogP contribution is -2.33. The molecule has 1 aromatic heterocycles. The van der Waals surface area contributed by atoms with Crippen molar-refractivity contribution in [2.24, 2.45) is 11.8 Å². The Morgan fingerprint density at radius 1 is 1.38 bits per heavy atom. The molecule has 1 aliphatic rings. The van der Waals surface area contributed by atoms with Crippen LogP contribution in [0.2, 0.25) is 0 Å². The number of sulfonamides is 1. The van der Waals surface area contributed by atoms with E-state index in [0.29, 0.717) is 33.6 Å². The average Bonchev–Trinajstić information content (AvgIpc) is 2.80. The molecule has 1 heterocycles. The van der Waals surface area contributed by atoms with E-state index in [-0.39, 0.29) is 0 Å². The second-order valence-electron chi connectivity index (χ2n) is 5.75. The molecule has 0 aromatic carbocycles. The van der Waals surface area contributed by atoms with Crippen LogP contribution >= 0.6 is 27.3 Å². The van der Waals surface area contributed by atoms with Gasteiger partial charge in [0.2, 0.25) is 10.0 Å². The first-order valence-corrected chi connectivity index (χ1v) is 10.5. The van der Waals surface area contributed by atoms with Crippen LogP contribution in [0, 0.1) is 11.8 Å². The molecule has 0 aliphatic heterocycles. The van der Waals surface area contributed by atoms with E-state index < -0.39 is 10.0 Å². The lowest BCUT2D eigenvalue weighted by molar-refractivity contribution is 0.257. The highest BCUT2D eigenvalue weighted by atomic mass is 79.9. The van der Waals surface area contributed by atoms with Crippen LogP contribution in [0.4, 0.5) is 0 Å². The third kappa shape index (κ3) is 4.51. The van der Waals surface area contributed by atoms with Crippen LogP contribution in [0.3, 0.4) is 0 Å². The van der Waals surface area contributed by atoms with Crippen molar-refractivity contribution in [3.8, 4) is 0 Å². The van der Waals surface area contributed by atoms with Crippen LogP contribution in [-0.4, -0.2) is 22.0 Å². The molecule has 21 heavy (non-hydrogen) atoms. The number of hydrogen-bond donors (Lipinski definition) is 2. The molecule has 4 nitrogen and oxygen atoms in total. The molecule has 2 unspecified atom stereocenters. The zero-order valence-electron chi connectivity index (χ0n) is 12.5. The summed E-state index contributed by atoms with van der Waals surface area (Å²) in [5.74, 6) is 1.06. The lowest BCUT2D eigenvalue weighted by Gasteiger charge is -2.28. The molecule has 0 spiro atoms. The molecular weight excluding hydrogens is 372 g/mol. The minimum atomic E-state index is -3.43. The molecular formula is C14H23BrN2O2S2. The maximum Gasteiger partial charge on any atom is 0.242 e. The average molecular weight is 395 g/mol. The normalized spacial score (nSPS) is 23.4. The maximum atomic E-state index is 12.5. The largest absolute Gasteiger partial charge is 0.315 e. The van der Waals surface area contributed by atoms with Crippen molar-refractivity contribution >= 4 is 37.3 Å². The van der Waals surface area contributed by atoms with Gasteiger partial charge in [0.25, 0.3) is 0 Å². The van der Waals surface area contributed by atoms with Crippen LogP contribution in [0.15, 0.2) is 14.7 Å². The smallest absolute Gasteiger partial charge is 0.242 e. The van der Waals surface area contributed by atoms with Crippen LogP contribution in [0.5, 0.6) is 0 Å². The summed E-state index contributed by atoms with van der Waals surface area (Å²) in [5.41, 5.74) is 0. The Labute approximate surface area is 139 Å². The van der Waals surface area contributed by atoms with Gasteiger partial charge in [0.05, 0.1) is 3.79 Å². The summed E-state index contributed by atoms with van der Waals surface area (Å²) in [4.78, 5) is 1.37. The molecule has 0 radical (unpaired) electrons. The van der Waals surface area contributed by atoms with Gasteiger partial charge in [-0.3, -0.25) is 0 Å². The highest BCUT2D eigenvalue weighted by Gasteiger charge is 2.25. The van der Waals surface area contributed by atoms with E-state index >= 15 is 0 Å². The van der Waals surface area contributed by atoms with E-state index in [9.17, 15) is 8.42 Å². The van der Waals surface area contributed by atoms with Gasteiger partial charge in [-0.1, -0.05) is 26.2 Å². The summed E-state index contributed by atoms with van der Waals surface area (Å²) < 4.78 is 28.4. The summed E-state index contributed by atoms with van der Waals surface area (Å²) >= 11 is 4.84. The van der Waals surface area contributed by atoms with Crippen molar-refractivity contribution in [2.45, 2.75) is 44.0 Å². The fraction of sp³-hybridized carbons (Fsp3) is 0.714. The predicted molar refractivity (Wildman–Crippen MR) is 91.1 cm³/mol. The Hall–Kier alpha value is 0.0500. The Balaban J connectivity index is 2.04. The summed E-state index contributed by atoms with van der Waals surface area (Å²) in [5, 5.41) is 3.04. The van der Waals surface area contributed by atoms with Crippen molar-refractivity contribution < 1.29 is 8.42 Å². The molecule has 7 heteroatoms. The molecule has 1 fully saturated rings. The first-order chi connectivity index (χ1) is 9.94. The molecule has 0 saturated heterocycles. The van der Waals surface area contributed by atoms with Gasteiger partial charge in [-0.25, -0.2) is 13.1 Å². The van der Waals surface area contributed by atoms with Crippen LogP contribution in [-0.2, 0) is 16.6 Å². The standard InChI is InChI=1S/C14H23BrN2O2S2/c1-10-5-3-4-6-11(10)8-17-21(18,19)13-7-12(9-16-2)20-14(13)15/h7,10-11,16-17H,3-6,8-9H2,1-2H3. The Bertz CT molecular complexity index is 572. The molecule has 1 aliphatic carbocycles. The fourth-order valence-electron chi connectivity index (χ4n) is 2.83. The molecule has 2 atom stereocenters. The van der Waals surface area contributed by atoms with Crippen molar-refractivity contribution in [1.82, 2.24) is 10.0 Å². The van der Waals surface area contributed by atoms with Gasteiger partial charge in [0.1, 0.15) is 4.90 Å². The second-order valence-corrected chi connectivity index (χ2v) is 9.94. The molecule has 0 bridgehead atoms. The number of thiophene rings is 1. The number of rotatable bonds is 6. The zero-order valence-corrected chi connectivity index (χ0v) is 15.7. The summed E-state index contributed by atoms with van der Waals surface area (Å²) in [6, 6.07) is 1.75. The first-order valence-electron chi connectivity index (χ1n) is 7.36. The quantitative estimate of drug-likeness (QED) is 0.777. The van der Waals surface area contributed by atoms with Gasteiger partial charge in [0, 0.05) is 18.0 Å². The van der Waals surface area contributed by atoms with Crippen LogP contribution in [0.25, 0.3) is 0 Å². The van der Waals surface area contributed by atoms with Gasteiger partial charge in [-0.15, -0.1) is 11.3 Å². The van der Waals surface area contributed by atoms with E-state index in [4.69, 9.17) is 0 Å². The van der Waals surface area contributed by atoms with E-state index in [0.717, 1.165) is 11.3 Å². The maximum absolute atomic E-state index is 12.5. The SMILES string of the molecule is CNCc1cc(S(=O)(=O)NCC2CCCCC2C)c(Br)s1. The molecule has 1 aromatic rings. The van der Waals surface area contributed by atoms with E-state index in [1.807, 2.05) is 7.05 Å². The van der Waals surface area contributed by atoms with Gasteiger partial charge in [-0.2, -0.15) is 0 Å². The van der Waals surface area contributed by atoms with Crippen LogP contribution < -0.4 is 10.0 Å². The third-order valence-corrected chi connectivity index (χ3v) is 7.85. The molecule has 2 rings (SSSR count). The van der Waals surface area contributed by atoms with Crippen molar-refractivity contribution in [3.63, 3.8) is 0 Å². The Morgan fingerprint density at radius 2 is 2.10 bits per heavy atom. The van der Waals surface area contributed by atoms with E-state index in [1.165, 1.54) is 30.6 Å². The minimum absolute atomic E-state index is 0.362. The van der Waals surface area contributed by atoms with Crippen molar-refractivity contribution in [2.75, 3.05) is 13.6 Å². The number of hydrogen-bond acceptors (Lipinski definition) is 4. The minimum Gasteiger partial charge on any atom is -0.315 e. The van der Waals surface area contributed by atoms with Gasteiger partial charge in [-0.05, 0) is 47.3 Å². The van der Waals surface area contributed by atoms with Gasteiger partial charge in [0.15, 0.2) is 0 Å². The molecule has 0 amide bonds. The number of halogens is 1. The summed E-state index contributed by atoms with van der Waals surface area (Å²) in [6.07, 6.45) is 4.82. The van der Waals surface area contributed by atoms with E-state index in [2.05, 4.69) is 32.9 Å². The van der Waals surface area contributed by atoms with E-state index in [1.54, 1.807) is 6.07 Å². The third-order valence-electron chi connectivity index (χ3n) is 4.17. The van der Waals surface area contributed by atoms with Crippen LogP contribution in [0.1, 0.15) is 37.5 Å². The molecule has 120 valence electrons. The van der Waals surface area contributed by atoms with Crippen molar-refractivity contribution in [1.29, 1.82) is 0 Å². The fourth-order valence-corrected chi connectivity index (χ4v) is 6.62. The molecule has 2 N–H and O–H groups in total. The first kappa shape index (κ1) is 17.4. The highest BCUT2D eigenvalue weighted by molar-refractivity contribution is 9.11. The van der Waals surface area contributed by atoms with Gasteiger partial charge < -0.3 is 5.32 Å².